The minimum absolute atomic E-state index is 0.0148. The predicted octanol–water partition coefficient (Wildman–Crippen LogP) is 4.27. The third-order valence-electron chi connectivity index (χ3n) is 4.45. The van der Waals surface area contributed by atoms with Crippen molar-refractivity contribution in [1.29, 1.82) is 0 Å². The van der Waals surface area contributed by atoms with Crippen LogP contribution in [0.2, 0.25) is 5.02 Å². The fourth-order valence-electron chi connectivity index (χ4n) is 2.86. The molecule has 0 radical (unpaired) electrons. The molecule has 1 aromatic heterocycles. The van der Waals surface area contributed by atoms with Gasteiger partial charge in [0.1, 0.15) is 6.54 Å². The lowest BCUT2D eigenvalue weighted by atomic mass is 10.2. The number of sulfonamides is 1. The molecule has 1 fully saturated rings. The van der Waals surface area contributed by atoms with Crippen LogP contribution >= 0.6 is 34.7 Å². The number of thiazole rings is 1. The van der Waals surface area contributed by atoms with Crippen LogP contribution in [0.1, 0.15) is 5.56 Å². The van der Waals surface area contributed by atoms with E-state index in [1.165, 1.54) is 30.5 Å². The molecular formula is C21H15ClN4O5S3. The molecule has 4 rings (SSSR count). The van der Waals surface area contributed by atoms with E-state index in [0.29, 0.717) is 16.3 Å². The Balaban J connectivity index is 1.38. The average Bonchev–Trinajstić information content (AvgIpc) is 3.39. The van der Waals surface area contributed by atoms with Gasteiger partial charge in [-0.1, -0.05) is 23.7 Å². The molecule has 1 saturated heterocycles. The number of carbonyl (C=O) groups is 3. The van der Waals surface area contributed by atoms with Crippen LogP contribution in [-0.2, 0) is 19.6 Å². The maximum Gasteiger partial charge on any atom is 0.294 e. The van der Waals surface area contributed by atoms with Crippen molar-refractivity contribution in [2.75, 3.05) is 16.6 Å². The number of amides is 3. The summed E-state index contributed by atoms with van der Waals surface area (Å²) in [6.07, 6.45) is 3.03. The van der Waals surface area contributed by atoms with Crippen LogP contribution in [0.15, 0.2) is 69.9 Å². The fourth-order valence-corrected chi connectivity index (χ4v) is 5.61. The first-order valence-corrected chi connectivity index (χ1v) is 13.1. The van der Waals surface area contributed by atoms with Crippen LogP contribution in [0.3, 0.4) is 0 Å². The Bertz CT molecular complexity index is 1370. The molecule has 3 aromatic rings. The van der Waals surface area contributed by atoms with Gasteiger partial charge in [-0.05, 0) is 59.8 Å². The number of benzene rings is 2. The van der Waals surface area contributed by atoms with Crippen LogP contribution in [0.5, 0.6) is 0 Å². The lowest BCUT2D eigenvalue weighted by Crippen LogP contribution is -2.36. The smallest absolute Gasteiger partial charge is 0.294 e. The van der Waals surface area contributed by atoms with Crippen molar-refractivity contribution in [3.8, 4) is 0 Å². The maximum absolute atomic E-state index is 12.6. The SMILES string of the molecule is O=C(CN1C(=O)S/C(=C\c2ccc(Cl)cc2)C1=O)Nc1ccc(S(=O)(=O)Nc2nccs2)cc1. The highest BCUT2D eigenvalue weighted by Crippen LogP contribution is 2.32. The topological polar surface area (TPSA) is 126 Å². The highest BCUT2D eigenvalue weighted by molar-refractivity contribution is 8.18. The first kappa shape index (κ1) is 24.0. The van der Waals surface area contributed by atoms with Crippen LogP contribution in [0.4, 0.5) is 15.6 Å². The summed E-state index contributed by atoms with van der Waals surface area (Å²) in [5.41, 5.74) is 1.00. The van der Waals surface area contributed by atoms with Crippen molar-refractivity contribution in [1.82, 2.24) is 9.88 Å². The second-order valence-corrected chi connectivity index (χ2v) is 10.8. The first-order chi connectivity index (χ1) is 16.2. The lowest BCUT2D eigenvalue weighted by Gasteiger charge is -2.13. The summed E-state index contributed by atoms with van der Waals surface area (Å²) in [7, 11) is -3.82. The molecule has 0 atom stereocenters. The number of anilines is 2. The number of nitrogens with zero attached hydrogens (tertiary/aromatic N) is 2. The van der Waals surface area contributed by atoms with E-state index in [9.17, 15) is 22.8 Å². The molecule has 9 nitrogen and oxygen atoms in total. The molecule has 0 saturated carbocycles. The largest absolute Gasteiger partial charge is 0.325 e. The number of thioether (sulfide) groups is 1. The molecule has 2 N–H and O–H groups in total. The number of rotatable bonds is 7. The molecule has 2 aromatic carbocycles. The summed E-state index contributed by atoms with van der Waals surface area (Å²) in [6.45, 7) is -0.478. The molecule has 1 aliphatic heterocycles. The molecule has 0 spiro atoms. The van der Waals surface area contributed by atoms with E-state index >= 15 is 0 Å². The van der Waals surface area contributed by atoms with E-state index in [-0.39, 0.29) is 14.9 Å². The van der Waals surface area contributed by atoms with Crippen molar-refractivity contribution in [2.45, 2.75) is 4.90 Å². The molecule has 3 amide bonds. The van der Waals surface area contributed by atoms with Crippen molar-refractivity contribution < 1.29 is 22.8 Å². The van der Waals surface area contributed by atoms with E-state index in [4.69, 9.17) is 11.6 Å². The van der Waals surface area contributed by atoms with Gasteiger partial charge >= 0.3 is 0 Å². The van der Waals surface area contributed by atoms with Crippen LogP contribution in [0, 0.1) is 0 Å². The molecular weight excluding hydrogens is 520 g/mol. The van der Waals surface area contributed by atoms with E-state index < -0.39 is 33.6 Å². The van der Waals surface area contributed by atoms with Gasteiger partial charge < -0.3 is 5.32 Å². The third-order valence-corrected chi connectivity index (χ3v) is 7.78. The minimum atomic E-state index is -3.82. The van der Waals surface area contributed by atoms with Gasteiger partial charge in [-0.2, -0.15) is 0 Å². The summed E-state index contributed by atoms with van der Waals surface area (Å²) in [6, 6.07) is 12.2. The minimum Gasteiger partial charge on any atom is -0.325 e. The standard InChI is InChI=1S/C21H15ClN4O5S3/c22-14-3-1-13(2-4-14)11-17-19(28)26(21(29)33-17)12-18(27)24-15-5-7-16(8-6-15)34(30,31)25-20-23-9-10-32-20/h1-11H,12H2,(H,23,25)(H,24,27)/b17-11-. The first-order valence-electron chi connectivity index (χ1n) is 9.54. The lowest BCUT2D eigenvalue weighted by molar-refractivity contribution is -0.127. The van der Waals surface area contributed by atoms with Gasteiger partial charge in [0.15, 0.2) is 5.13 Å². The number of hydrogen-bond donors (Lipinski definition) is 2. The van der Waals surface area contributed by atoms with Gasteiger partial charge in [0.2, 0.25) is 5.91 Å². The normalized spacial score (nSPS) is 15.1. The Morgan fingerprint density at radius 3 is 2.44 bits per heavy atom. The Hall–Kier alpha value is -3.19. The summed E-state index contributed by atoms with van der Waals surface area (Å²) in [4.78, 5) is 42.2. The predicted molar refractivity (Wildman–Crippen MR) is 132 cm³/mol. The molecule has 2 heterocycles. The molecule has 0 bridgehead atoms. The fraction of sp³-hybridized carbons (Fsp3) is 0.0476. The van der Waals surface area contributed by atoms with Crippen LogP contribution in [0.25, 0.3) is 6.08 Å². The maximum atomic E-state index is 12.6. The zero-order chi connectivity index (χ0) is 24.3. The van der Waals surface area contributed by atoms with Crippen molar-refractivity contribution in [3.05, 3.63) is 75.6 Å². The quantitative estimate of drug-likeness (QED) is 0.433. The second kappa shape index (κ2) is 9.97. The van der Waals surface area contributed by atoms with Crippen molar-refractivity contribution in [2.24, 2.45) is 0 Å². The average molecular weight is 535 g/mol. The van der Waals surface area contributed by atoms with Gasteiger partial charge in [-0.15, -0.1) is 11.3 Å². The van der Waals surface area contributed by atoms with Gasteiger partial charge in [0, 0.05) is 22.3 Å². The number of nitrogens with one attached hydrogen (secondary N) is 2. The molecule has 34 heavy (non-hydrogen) atoms. The number of carbonyl (C=O) groups excluding carboxylic acids is 3. The molecule has 0 aliphatic carbocycles. The monoisotopic (exact) mass is 534 g/mol. The summed E-state index contributed by atoms with van der Waals surface area (Å²) in [5.74, 6) is -1.18. The van der Waals surface area contributed by atoms with Gasteiger partial charge in [0.25, 0.3) is 21.2 Å². The molecule has 1 aliphatic rings. The highest BCUT2D eigenvalue weighted by atomic mass is 35.5. The van der Waals surface area contributed by atoms with Gasteiger partial charge in [-0.25, -0.2) is 13.4 Å². The number of halogens is 1. The highest BCUT2D eigenvalue weighted by Gasteiger charge is 2.36. The van der Waals surface area contributed by atoms with Crippen LogP contribution in [-0.4, -0.2) is 41.9 Å². The van der Waals surface area contributed by atoms with E-state index in [0.717, 1.165) is 28.0 Å². The van der Waals surface area contributed by atoms with Crippen LogP contribution < -0.4 is 10.0 Å². The Morgan fingerprint density at radius 2 is 1.79 bits per heavy atom. The van der Waals surface area contributed by atoms with E-state index in [1.807, 2.05) is 0 Å². The summed E-state index contributed by atoms with van der Waals surface area (Å²) in [5, 5.41) is 4.41. The Labute approximate surface area is 207 Å². The van der Waals surface area contributed by atoms with E-state index in [1.54, 1.807) is 35.7 Å². The summed E-state index contributed by atoms with van der Waals surface area (Å²) < 4.78 is 27.1. The Kier molecular flexibility index (Phi) is 7.03. The zero-order valence-electron chi connectivity index (χ0n) is 17.1. The summed E-state index contributed by atoms with van der Waals surface area (Å²) >= 11 is 7.74. The number of imide groups is 1. The van der Waals surface area contributed by atoms with E-state index in [2.05, 4.69) is 15.0 Å². The number of hydrogen-bond acceptors (Lipinski definition) is 8. The van der Waals surface area contributed by atoms with Gasteiger partial charge in [-0.3, -0.25) is 24.0 Å². The number of aromatic nitrogens is 1. The third kappa shape index (κ3) is 5.65. The van der Waals surface area contributed by atoms with Crippen molar-refractivity contribution >= 4 is 78.7 Å². The Morgan fingerprint density at radius 1 is 1.09 bits per heavy atom. The molecule has 13 heteroatoms. The molecule has 174 valence electrons. The molecule has 0 unspecified atom stereocenters. The van der Waals surface area contributed by atoms with Gasteiger partial charge in [0.05, 0.1) is 9.80 Å². The second-order valence-electron chi connectivity index (χ2n) is 6.83. The van der Waals surface area contributed by atoms with Crippen molar-refractivity contribution in [3.63, 3.8) is 0 Å². The zero-order valence-corrected chi connectivity index (χ0v) is 20.3.